The average molecular weight is 421 g/mol. The summed E-state index contributed by atoms with van der Waals surface area (Å²) in [7, 11) is 0. The molecular weight excluding hydrogens is 392 g/mol. The molecule has 0 radical (unpaired) electrons. The number of fused-ring (bicyclic) bond motifs is 1. The van der Waals surface area contributed by atoms with E-state index in [4.69, 9.17) is 9.15 Å². The van der Waals surface area contributed by atoms with Gasteiger partial charge in [-0.15, -0.1) is 0 Å². The molecule has 1 aromatic heterocycles. The molecule has 2 aromatic carbocycles. The number of benzene rings is 2. The Bertz CT molecular complexity index is 1130. The van der Waals surface area contributed by atoms with Crippen molar-refractivity contribution in [1.82, 2.24) is 10.2 Å². The van der Waals surface area contributed by atoms with Crippen LogP contribution in [-0.4, -0.2) is 49.2 Å². The fraction of sp³-hybridized carbons (Fsp3) is 0.360. The number of carbonyl (C=O) groups excluding carboxylic acids is 1. The molecule has 1 aliphatic heterocycles. The largest absolute Gasteiger partial charge is 0.455 e. The summed E-state index contributed by atoms with van der Waals surface area (Å²) in [5, 5.41) is 3.51. The molecule has 0 spiro atoms. The minimum absolute atomic E-state index is 0.0772. The van der Waals surface area contributed by atoms with Gasteiger partial charge in [0.2, 0.25) is 0 Å². The van der Waals surface area contributed by atoms with Gasteiger partial charge in [-0.1, -0.05) is 36.4 Å². The normalized spacial score (nSPS) is 16.7. The second-order valence-electron chi connectivity index (χ2n) is 8.08. The minimum atomic E-state index is -0.246. The highest BCUT2D eigenvalue weighted by atomic mass is 16.5. The maximum Gasteiger partial charge on any atom is 0.255 e. The van der Waals surface area contributed by atoms with Gasteiger partial charge in [0.15, 0.2) is 11.0 Å². The van der Waals surface area contributed by atoms with Crippen LogP contribution in [0.4, 0.5) is 0 Å². The lowest BCUT2D eigenvalue weighted by Gasteiger charge is -2.35. The van der Waals surface area contributed by atoms with Crippen LogP contribution in [0.15, 0.2) is 57.7 Å². The van der Waals surface area contributed by atoms with Gasteiger partial charge < -0.3 is 14.5 Å². The van der Waals surface area contributed by atoms with Gasteiger partial charge in [-0.05, 0) is 32.9 Å². The van der Waals surface area contributed by atoms with Crippen LogP contribution >= 0.6 is 0 Å². The van der Waals surface area contributed by atoms with Gasteiger partial charge in [0.05, 0.1) is 24.2 Å². The second-order valence-corrected chi connectivity index (χ2v) is 8.08. The average Bonchev–Trinajstić information content (AvgIpc) is 2.81. The number of ether oxygens (including phenoxy) is 1. The van der Waals surface area contributed by atoms with E-state index in [-0.39, 0.29) is 23.4 Å². The molecule has 3 aromatic rings. The molecule has 0 saturated carbocycles. The summed E-state index contributed by atoms with van der Waals surface area (Å²) < 4.78 is 11.6. The van der Waals surface area contributed by atoms with Crippen LogP contribution in [0.2, 0.25) is 0 Å². The highest BCUT2D eigenvalue weighted by Crippen LogP contribution is 2.27. The summed E-state index contributed by atoms with van der Waals surface area (Å²) in [6.45, 7) is 8.98. The Morgan fingerprint density at radius 2 is 1.74 bits per heavy atom. The first kappa shape index (κ1) is 21.3. The van der Waals surface area contributed by atoms with Gasteiger partial charge in [-0.25, -0.2) is 0 Å². The monoisotopic (exact) mass is 420 g/mol. The van der Waals surface area contributed by atoms with Crippen molar-refractivity contribution in [2.24, 2.45) is 0 Å². The molecule has 162 valence electrons. The number of para-hydroxylation sites is 1. The van der Waals surface area contributed by atoms with Gasteiger partial charge in [-0.2, -0.15) is 0 Å². The van der Waals surface area contributed by atoms with Crippen molar-refractivity contribution < 1.29 is 13.9 Å². The topological polar surface area (TPSA) is 71.8 Å². The summed E-state index contributed by atoms with van der Waals surface area (Å²) in [4.78, 5) is 28.5. The van der Waals surface area contributed by atoms with E-state index in [2.05, 4.69) is 17.1 Å². The van der Waals surface area contributed by atoms with Gasteiger partial charge >= 0.3 is 0 Å². The minimum Gasteiger partial charge on any atom is -0.455 e. The molecule has 0 bridgehead atoms. The quantitative estimate of drug-likeness (QED) is 0.683. The lowest BCUT2D eigenvalue weighted by atomic mass is 10.0. The van der Waals surface area contributed by atoms with Crippen molar-refractivity contribution in [1.29, 1.82) is 0 Å². The Labute approximate surface area is 181 Å². The zero-order valence-corrected chi connectivity index (χ0v) is 18.2. The molecule has 6 heteroatoms. The molecule has 0 aliphatic carbocycles. The molecule has 1 fully saturated rings. The van der Waals surface area contributed by atoms with E-state index in [9.17, 15) is 9.59 Å². The molecule has 2 heterocycles. The van der Waals surface area contributed by atoms with Crippen molar-refractivity contribution >= 4 is 16.9 Å². The molecule has 6 nitrogen and oxygen atoms in total. The number of hydrogen-bond donors (Lipinski definition) is 1. The lowest BCUT2D eigenvalue weighted by molar-refractivity contribution is 0.0137. The first-order valence-electron chi connectivity index (χ1n) is 10.7. The van der Waals surface area contributed by atoms with Gasteiger partial charge in [-0.3, -0.25) is 14.5 Å². The van der Waals surface area contributed by atoms with E-state index >= 15 is 0 Å². The van der Waals surface area contributed by atoms with E-state index in [1.165, 1.54) is 0 Å². The number of carbonyl (C=O) groups is 1. The van der Waals surface area contributed by atoms with Crippen molar-refractivity contribution in [3.8, 4) is 11.3 Å². The first-order chi connectivity index (χ1) is 15.0. The Kier molecular flexibility index (Phi) is 6.20. The van der Waals surface area contributed by atoms with Crippen LogP contribution in [0.1, 0.15) is 29.8 Å². The number of amides is 1. The van der Waals surface area contributed by atoms with E-state index in [1.807, 2.05) is 37.3 Å². The number of hydrogen-bond acceptors (Lipinski definition) is 5. The van der Waals surface area contributed by atoms with Crippen molar-refractivity contribution in [3.63, 3.8) is 0 Å². The Morgan fingerprint density at radius 3 is 2.45 bits per heavy atom. The Morgan fingerprint density at radius 1 is 1.03 bits per heavy atom. The summed E-state index contributed by atoms with van der Waals surface area (Å²) >= 11 is 0. The predicted octanol–water partition coefficient (Wildman–Crippen LogP) is 3.61. The highest BCUT2D eigenvalue weighted by molar-refractivity contribution is 6.05. The number of nitrogens with zero attached hydrogens (tertiary/aromatic N) is 1. The molecule has 1 amide bonds. The standard InChI is InChI=1S/C25H28N2O4/c1-16-22(28)20-10-7-11-21(24(20)31-23(16)19-8-5-4-6-9-19)25(29)26-17(2)18(3)27-12-14-30-15-13-27/h4-11,17-18H,12-15H2,1-3H3,(H,26,29). The fourth-order valence-corrected chi connectivity index (χ4v) is 4.06. The molecule has 2 atom stereocenters. The van der Waals surface area contributed by atoms with Crippen LogP contribution in [0, 0.1) is 6.92 Å². The third-order valence-corrected chi connectivity index (χ3v) is 6.13. The molecule has 1 aliphatic rings. The molecule has 1 N–H and O–H groups in total. The van der Waals surface area contributed by atoms with Crippen molar-refractivity contribution in [2.45, 2.75) is 32.9 Å². The number of nitrogens with one attached hydrogen (secondary N) is 1. The van der Waals surface area contributed by atoms with E-state index < -0.39 is 0 Å². The molecule has 4 rings (SSSR count). The molecule has 31 heavy (non-hydrogen) atoms. The Hall–Kier alpha value is -2.96. The van der Waals surface area contributed by atoms with Crippen LogP contribution in [0.3, 0.4) is 0 Å². The van der Waals surface area contributed by atoms with E-state index in [1.54, 1.807) is 25.1 Å². The molecular formula is C25H28N2O4. The molecule has 1 saturated heterocycles. The SMILES string of the molecule is Cc1c(-c2ccccc2)oc2c(C(=O)NC(C)C(C)N3CCOCC3)cccc2c1=O. The van der Waals surface area contributed by atoms with Crippen LogP contribution in [0.25, 0.3) is 22.3 Å². The Balaban J connectivity index is 1.68. The predicted molar refractivity (Wildman–Crippen MR) is 121 cm³/mol. The first-order valence-corrected chi connectivity index (χ1v) is 10.7. The number of rotatable bonds is 5. The zero-order chi connectivity index (χ0) is 22.0. The maximum absolute atomic E-state index is 13.2. The van der Waals surface area contributed by atoms with Crippen molar-refractivity contribution in [2.75, 3.05) is 26.3 Å². The summed E-state index contributed by atoms with van der Waals surface area (Å²) in [5.74, 6) is 0.248. The third-order valence-electron chi connectivity index (χ3n) is 6.13. The lowest BCUT2D eigenvalue weighted by Crippen LogP contribution is -2.52. The second kappa shape index (κ2) is 9.04. The smallest absolute Gasteiger partial charge is 0.255 e. The van der Waals surface area contributed by atoms with Gasteiger partial charge in [0.1, 0.15) is 5.76 Å². The van der Waals surface area contributed by atoms with Crippen LogP contribution in [-0.2, 0) is 4.74 Å². The summed E-state index contributed by atoms with van der Waals surface area (Å²) in [5.41, 5.74) is 1.91. The summed E-state index contributed by atoms with van der Waals surface area (Å²) in [6.07, 6.45) is 0. The van der Waals surface area contributed by atoms with Crippen LogP contribution < -0.4 is 10.7 Å². The van der Waals surface area contributed by atoms with Crippen molar-refractivity contribution in [3.05, 3.63) is 69.9 Å². The van der Waals surface area contributed by atoms with E-state index in [0.29, 0.717) is 41.1 Å². The fourth-order valence-electron chi connectivity index (χ4n) is 4.06. The van der Waals surface area contributed by atoms with E-state index in [0.717, 1.165) is 18.7 Å². The summed E-state index contributed by atoms with van der Waals surface area (Å²) in [6, 6.07) is 14.7. The molecule has 2 unspecified atom stereocenters. The van der Waals surface area contributed by atoms with Gasteiger partial charge in [0.25, 0.3) is 5.91 Å². The maximum atomic E-state index is 13.2. The highest BCUT2D eigenvalue weighted by Gasteiger charge is 2.25. The zero-order valence-electron chi connectivity index (χ0n) is 18.2. The number of morpholine rings is 1. The van der Waals surface area contributed by atoms with Gasteiger partial charge in [0, 0.05) is 36.3 Å². The third kappa shape index (κ3) is 4.27. The van der Waals surface area contributed by atoms with Crippen LogP contribution in [0.5, 0.6) is 0 Å².